The number of hydrogen-bond donors (Lipinski definition) is 2. The summed E-state index contributed by atoms with van der Waals surface area (Å²) < 4.78 is 20.3. The lowest BCUT2D eigenvalue weighted by Gasteiger charge is -2.19. The maximum absolute atomic E-state index is 13.9. The van der Waals surface area contributed by atoms with Crippen molar-refractivity contribution in [2.45, 2.75) is 13.0 Å². The number of carbonyl (C=O) groups is 1. The lowest BCUT2D eigenvalue weighted by Crippen LogP contribution is -2.27. The summed E-state index contributed by atoms with van der Waals surface area (Å²) in [5.74, 6) is -0.335. The Hall–Kier alpha value is -2.51. The van der Waals surface area contributed by atoms with Crippen LogP contribution in [-0.2, 0) is 0 Å². The second kappa shape index (κ2) is 8.45. The van der Waals surface area contributed by atoms with E-state index in [2.05, 4.69) is 26.2 Å². The summed E-state index contributed by atoms with van der Waals surface area (Å²) in [6.07, 6.45) is 3.09. The molecule has 2 N–H and O–H groups in total. The number of aromatic nitrogens is 1. The molecule has 0 saturated carbocycles. The van der Waals surface area contributed by atoms with Gasteiger partial charge < -0.3 is 15.2 Å². The molecule has 1 unspecified atom stereocenters. The van der Waals surface area contributed by atoms with E-state index in [0.29, 0.717) is 16.5 Å². The van der Waals surface area contributed by atoms with Crippen molar-refractivity contribution in [1.82, 2.24) is 10.3 Å². The molecule has 7 heteroatoms. The van der Waals surface area contributed by atoms with E-state index in [1.54, 1.807) is 18.3 Å². The predicted molar refractivity (Wildman–Crippen MR) is 104 cm³/mol. The number of rotatable bonds is 6. The van der Waals surface area contributed by atoms with E-state index in [0.717, 1.165) is 10.0 Å². The predicted octanol–water partition coefficient (Wildman–Crippen LogP) is 4.00. The number of halogens is 2. The van der Waals surface area contributed by atoms with Crippen molar-refractivity contribution in [2.75, 3.05) is 13.2 Å². The first-order valence-corrected chi connectivity index (χ1v) is 9.16. The van der Waals surface area contributed by atoms with Crippen LogP contribution < -0.4 is 10.1 Å². The first-order chi connectivity index (χ1) is 13.0. The van der Waals surface area contributed by atoms with Crippen molar-refractivity contribution in [3.63, 3.8) is 0 Å². The monoisotopic (exact) mass is 432 g/mol. The minimum atomic E-state index is -0.496. The number of hydrogen-bond acceptors (Lipinski definition) is 4. The van der Waals surface area contributed by atoms with E-state index in [1.807, 2.05) is 19.1 Å². The summed E-state index contributed by atoms with van der Waals surface area (Å²) in [5.41, 5.74) is 0.997. The highest BCUT2D eigenvalue weighted by molar-refractivity contribution is 9.10. The smallest absolute Gasteiger partial charge is 0.252 e. The highest BCUT2D eigenvalue weighted by Crippen LogP contribution is 2.29. The summed E-state index contributed by atoms with van der Waals surface area (Å²) in [5, 5.41) is 13.1. The van der Waals surface area contributed by atoms with Gasteiger partial charge in [0.05, 0.1) is 18.2 Å². The first kappa shape index (κ1) is 19.3. The van der Waals surface area contributed by atoms with Gasteiger partial charge in [0, 0.05) is 27.8 Å². The van der Waals surface area contributed by atoms with Gasteiger partial charge in [-0.05, 0) is 42.6 Å². The SMILES string of the molecule is CC(NC(=O)c1cc(F)cc2cnccc12)c1ccc(Br)cc1OCCO. The van der Waals surface area contributed by atoms with Crippen LogP contribution in [0, 0.1) is 5.82 Å². The second-order valence-electron chi connectivity index (χ2n) is 6.00. The largest absolute Gasteiger partial charge is 0.491 e. The molecule has 1 amide bonds. The van der Waals surface area contributed by atoms with E-state index in [-0.39, 0.29) is 24.8 Å². The number of amides is 1. The zero-order valence-corrected chi connectivity index (χ0v) is 16.2. The van der Waals surface area contributed by atoms with E-state index < -0.39 is 11.7 Å². The maximum atomic E-state index is 13.9. The molecule has 0 radical (unpaired) electrons. The molecule has 0 spiro atoms. The third-order valence-electron chi connectivity index (χ3n) is 4.10. The fourth-order valence-electron chi connectivity index (χ4n) is 2.86. The number of pyridine rings is 1. The molecule has 140 valence electrons. The molecule has 0 aliphatic rings. The van der Waals surface area contributed by atoms with Crippen LogP contribution in [0.1, 0.15) is 28.9 Å². The van der Waals surface area contributed by atoms with Crippen molar-refractivity contribution < 1.29 is 19.0 Å². The first-order valence-electron chi connectivity index (χ1n) is 8.37. The molecule has 1 heterocycles. The van der Waals surface area contributed by atoms with E-state index in [4.69, 9.17) is 9.84 Å². The molecule has 2 aromatic carbocycles. The van der Waals surface area contributed by atoms with E-state index in [9.17, 15) is 9.18 Å². The van der Waals surface area contributed by atoms with Gasteiger partial charge in [-0.25, -0.2) is 4.39 Å². The molecular weight excluding hydrogens is 415 g/mol. The number of fused-ring (bicyclic) bond motifs is 1. The van der Waals surface area contributed by atoms with Crippen LogP contribution in [0.25, 0.3) is 10.8 Å². The third-order valence-corrected chi connectivity index (χ3v) is 4.59. The molecule has 0 saturated heterocycles. The molecule has 1 aromatic heterocycles. The number of aliphatic hydroxyl groups excluding tert-OH is 1. The van der Waals surface area contributed by atoms with Gasteiger partial charge in [-0.3, -0.25) is 9.78 Å². The van der Waals surface area contributed by atoms with Crippen LogP contribution in [-0.4, -0.2) is 29.2 Å². The summed E-state index contributed by atoms with van der Waals surface area (Å²) in [6.45, 7) is 1.84. The molecule has 27 heavy (non-hydrogen) atoms. The van der Waals surface area contributed by atoms with Crippen molar-refractivity contribution >= 4 is 32.6 Å². The fraction of sp³-hybridized carbons (Fsp3) is 0.200. The number of nitrogens with one attached hydrogen (secondary N) is 1. The van der Waals surface area contributed by atoms with Crippen LogP contribution in [0.15, 0.2) is 53.3 Å². The molecular formula is C20H18BrFN2O3. The number of nitrogens with zero attached hydrogens (tertiary/aromatic N) is 1. The van der Waals surface area contributed by atoms with Crippen LogP contribution in [0.4, 0.5) is 4.39 Å². The number of benzene rings is 2. The maximum Gasteiger partial charge on any atom is 0.252 e. The molecule has 5 nitrogen and oxygen atoms in total. The Morgan fingerprint density at radius 1 is 1.33 bits per heavy atom. The lowest BCUT2D eigenvalue weighted by atomic mass is 10.0. The summed E-state index contributed by atoms with van der Waals surface area (Å²) >= 11 is 3.38. The standard InChI is InChI=1S/C20H18BrFN2O3/c1-12(16-3-2-14(21)9-19(16)27-7-6-25)24-20(26)18-10-15(22)8-13-11-23-5-4-17(13)18/h2-5,8-12,25H,6-7H2,1H3,(H,24,26). The van der Waals surface area contributed by atoms with Gasteiger partial charge >= 0.3 is 0 Å². The normalized spacial score (nSPS) is 12.0. The molecule has 3 rings (SSSR count). The average molecular weight is 433 g/mol. The van der Waals surface area contributed by atoms with Gasteiger partial charge in [-0.1, -0.05) is 22.0 Å². The lowest BCUT2D eigenvalue weighted by molar-refractivity contribution is 0.0940. The minimum absolute atomic E-state index is 0.115. The molecule has 1 atom stereocenters. The molecule has 0 fully saturated rings. The van der Waals surface area contributed by atoms with Crippen LogP contribution in [0.2, 0.25) is 0 Å². The Labute approximate surface area is 164 Å². The van der Waals surface area contributed by atoms with Crippen LogP contribution in [0.3, 0.4) is 0 Å². The average Bonchev–Trinajstić information content (AvgIpc) is 2.65. The van der Waals surface area contributed by atoms with Gasteiger partial charge in [0.1, 0.15) is 18.2 Å². The number of ether oxygens (including phenoxy) is 1. The minimum Gasteiger partial charge on any atom is -0.491 e. The van der Waals surface area contributed by atoms with Gasteiger partial charge in [0.25, 0.3) is 5.91 Å². The Balaban J connectivity index is 1.89. The van der Waals surface area contributed by atoms with E-state index >= 15 is 0 Å². The molecule has 0 bridgehead atoms. The molecule has 0 aliphatic heterocycles. The summed E-state index contributed by atoms with van der Waals surface area (Å²) in [7, 11) is 0. The number of aliphatic hydroxyl groups is 1. The third kappa shape index (κ3) is 4.43. The molecule has 0 aliphatic carbocycles. The van der Waals surface area contributed by atoms with Gasteiger partial charge in [0.2, 0.25) is 0 Å². The zero-order valence-electron chi connectivity index (χ0n) is 14.6. The number of carbonyl (C=O) groups excluding carboxylic acids is 1. The Bertz CT molecular complexity index is 981. The summed E-state index contributed by atoms with van der Waals surface area (Å²) in [6, 6.07) is 9.30. The molecule has 3 aromatic rings. The van der Waals surface area contributed by atoms with Crippen molar-refractivity contribution in [3.8, 4) is 5.75 Å². The quantitative estimate of drug-likeness (QED) is 0.617. The fourth-order valence-corrected chi connectivity index (χ4v) is 3.20. The highest BCUT2D eigenvalue weighted by Gasteiger charge is 2.18. The Morgan fingerprint density at radius 3 is 2.93 bits per heavy atom. The van der Waals surface area contributed by atoms with Gasteiger partial charge in [-0.2, -0.15) is 0 Å². The van der Waals surface area contributed by atoms with Crippen molar-refractivity contribution in [1.29, 1.82) is 0 Å². The van der Waals surface area contributed by atoms with Crippen LogP contribution >= 0.6 is 15.9 Å². The van der Waals surface area contributed by atoms with Gasteiger partial charge in [0.15, 0.2) is 0 Å². The van der Waals surface area contributed by atoms with Gasteiger partial charge in [-0.15, -0.1) is 0 Å². The zero-order chi connectivity index (χ0) is 19.4. The second-order valence-corrected chi connectivity index (χ2v) is 6.92. The van der Waals surface area contributed by atoms with Crippen LogP contribution in [0.5, 0.6) is 5.75 Å². The van der Waals surface area contributed by atoms with Crippen molar-refractivity contribution in [2.24, 2.45) is 0 Å². The Kier molecular flexibility index (Phi) is 6.03. The van der Waals surface area contributed by atoms with Crippen molar-refractivity contribution in [3.05, 3.63) is 70.2 Å². The summed E-state index contributed by atoms with van der Waals surface area (Å²) in [4.78, 5) is 16.8. The Morgan fingerprint density at radius 2 is 2.15 bits per heavy atom. The topological polar surface area (TPSA) is 71.5 Å². The van der Waals surface area contributed by atoms with E-state index in [1.165, 1.54) is 18.3 Å². The highest BCUT2D eigenvalue weighted by atomic mass is 79.9.